The number of nitrogens with zero attached hydrogens (tertiary/aromatic N) is 4. The molecule has 10 nitrogen and oxygen atoms in total. The fourth-order valence-electron chi connectivity index (χ4n) is 5.48. The highest BCUT2D eigenvalue weighted by Crippen LogP contribution is 2.42. The van der Waals surface area contributed by atoms with Gasteiger partial charge in [0.1, 0.15) is 22.6 Å². The quantitative estimate of drug-likeness (QED) is 0.216. The highest BCUT2D eigenvalue weighted by Gasteiger charge is 2.33. The van der Waals surface area contributed by atoms with Crippen LogP contribution in [0.4, 0.5) is 11.4 Å². The number of aromatic nitrogens is 4. The predicted molar refractivity (Wildman–Crippen MR) is 150 cm³/mol. The molecule has 2 N–H and O–H groups in total. The summed E-state index contributed by atoms with van der Waals surface area (Å²) in [6.45, 7) is 9.50. The van der Waals surface area contributed by atoms with Crippen molar-refractivity contribution in [1.29, 1.82) is 0 Å². The molecular formula is C28H28N6O4. The number of fused-ring (bicyclic) bond motifs is 8. The summed E-state index contributed by atoms with van der Waals surface area (Å²) < 4.78 is 0. The summed E-state index contributed by atoms with van der Waals surface area (Å²) in [5, 5.41) is 25.0. The smallest absolute Gasteiger partial charge is 0.320 e. The van der Waals surface area contributed by atoms with Crippen LogP contribution in [0.15, 0.2) is 18.2 Å². The normalized spacial score (nSPS) is 12.9. The van der Waals surface area contributed by atoms with Crippen molar-refractivity contribution in [1.82, 2.24) is 19.9 Å². The van der Waals surface area contributed by atoms with Crippen LogP contribution in [0, 0.1) is 27.2 Å². The van der Waals surface area contributed by atoms with E-state index >= 15 is 0 Å². The van der Waals surface area contributed by atoms with Gasteiger partial charge in [-0.2, -0.15) is 0 Å². The van der Waals surface area contributed by atoms with Crippen LogP contribution >= 0.6 is 0 Å². The van der Waals surface area contributed by atoms with Crippen molar-refractivity contribution in [2.45, 2.75) is 53.9 Å². The number of aryl methyl sites for hydroxylation is 3. The van der Waals surface area contributed by atoms with Crippen LogP contribution < -0.4 is 0 Å². The number of hydrogen-bond donors (Lipinski definition) is 2. The third kappa shape index (κ3) is 3.80. The molecule has 10 heteroatoms. The first kappa shape index (κ1) is 25.1. The van der Waals surface area contributed by atoms with Crippen molar-refractivity contribution < 1.29 is 9.85 Å². The fourth-order valence-corrected chi connectivity index (χ4v) is 5.48. The average Bonchev–Trinajstić information content (AvgIpc) is 3.64. The summed E-state index contributed by atoms with van der Waals surface area (Å²) in [4.78, 5) is 40.0. The molecule has 0 saturated heterocycles. The van der Waals surface area contributed by atoms with Gasteiger partial charge in [0.25, 0.3) is 0 Å². The number of hydrogen-bond acceptors (Lipinski definition) is 6. The molecule has 5 rings (SSSR count). The van der Waals surface area contributed by atoms with Crippen LogP contribution in [0.25, 0.3) is 45.4 Å². The van der Waals surface area contributed by atoms with E-state index in [2.05, 4.69) is 19.9 Å². The minimum atomic E-state index is -0.499. The van der Waals surface area contributed by atoms with Crippen molar-refractivity contribution in [2.24, 2.45) is 0 Å². The molecule has 0 spiro atoms. The van der Waals surface area contributed by atoms with Gasteiger partial charge >= 0.3 is 11.4 Å². The summed E-state index contributed by atoms with van der Waals surface area (Å²) >= 11 is 0. The molecule has 194 valence electrons. The maximum Gasteiger partial charge on any atom is 0.320 e. The molecule has 3 aromatic rings. The minimum Gasteiger partial charge on any atom is -0.355 e. The van der Waals surface area contributed by atoms with Gasteiger partial charge < -0.3 is 9.97 Å². The van der Waals surface area contributed by atoms with Crippen LogP contribution in [-0.2, 0) is 12.8 Å². The lowest BCUT2D eigenvalue weighted by Gasteiger charge is -2.02. The molecule has 8 bridgehead atoms. The summed E-state index contributed by atoms with van der Waals surface area (Å²) in [6.07, 6.45) is 5.03. The zero-order chi connectivity index (χ0) is 27.3. The van der Waals surface area contributed by atoms with E-state index in [-0.39, 0.29) is 28.5 Å². The molecule has 2 aliphatic heterocycles. The van der Waals surface area contributed by atoms with Gasteiger partial charge in [-0.25, -0.2) is 9.97 Å². The van der Waals surface area contributed by atoms with Crippen LogP contribution in [-0.4, -0.2) is 29.8 Å². The lowest BCUT2D eigenvalue weighted by atomic mass is 10.0. The van der Waals surface area contributed by atoms with Gasteiger partial charge in [-0.05, 0) is 85.7 Å². The lowest BCUT2D eigenvalue weighted by Crippen LogP contribution is -1.98. The molecule has 2 aliphatic rings. The maximum absolute atomic E-state index is 12.6. The topological polar surface area (TPSA) is 144 Å². The predicted octanol–water partition coefficient (Wildman–Crippen LogP) is 7.08. The largest absolute Gasteiger partial charge is 0.355 e. The van der Waals surface area contributed by atoms with Crippen molar-refractivity contribution in [3.05, 3.63) is 77.9 Å². The highest BCUT2D eigenvalue weighted by molar-refractivity contribution is 5.99. The summed E-state index contributed by atoms with van der Waals surface area (Å²) in [5.41, 5.74) is 7.20. The second kappa shape index (κ2) is 9.37. The van der Waals surface area contributed by atoms with E-state index in [9.17, 15) is 20.2 Å². The van der Waals surface area contributed by atoms with Gasteiger partial charge in [-0.3, -0.25) is 20.2 Å². The van der Waals surface area contributed by atoms with Crippen LogP contribution in [0.1, 0.15) is 73.6 Å². The zero-order valence-corrected chi connectivity index (χ0v) is 21.9. The van der Waals surface area contributed by atoms with E-state index in [1.807, 2.05) is 45.9 Å². The number of rotatable bonds is 5. The molecule has 0 amide bonds. The summed E-state index contributed by atoms with van der Waals surface area (Å²) in [6, 6.07) is 5.83. The Bertz CT molecular complexity index is 1760. The maximum atomic E-state index is 12.6. The summed E-state index contributed by atoms with van der Waals surface area (Å²) in [5.74, 6) is 0. The Morgan fingerprint density at radius 2 is 1.47 bits per heavy atom. The molecule has 0 atom stereocenters. The first-order chi connectivity index (χ1) is 18.2. The fraction of sp³-hybridized carbons (Fsp3) is 0.286. The Hall–Kier alpha value is -4.60. The number of H-pyrrole nitrogens is 2. The number of nitrogens with one attached hydrogen (secondary N) is 2. The van der Waals surface area contributed by atoms with Gasteiger partial charge in [0, 0.05) is 22.1 Å². The number of allylic oxidation sites excluding steroid dienone is 2. The molecule has 5 heterocycles. The zero-order valence-electron chi connectivity index (χ0n) is 21.9. The Kier molecular flexibility index (Phi) is 6.18. The number of aromatic amines is 2. The summed E-state index contributed by atoms with van der Waals surface area (Å²) in [7, 11) is 0. The van der Waals surface area contributed by atoms with Crippen molar-refractivity contribution in [3.63, 3.8) is 0 Å². The third-order valence-corrected chi connectivity index (χ3v) is 7.37. The Labute approximate surface area is 218 Å². The first-order valence-electron chi connectivity index (χ1n) is 12.7. The van der Waals surface area contributed by atoms with Crippen molar-refractivity contribution in [3.8, 4) is 0 Å². The van der Waals surface area contributed by atoms with E-state index in [1.165, 1.54) is 0 Å². The minimum absolute atomic E-state index is 0.103. The Morgan fingerprint density at radius 3 is 2.11 bits per heavy atom. The highest BCUT2D eigenvalue weighted by atomic mass is 16.6. The Balaban J connectivity index is 2.12. The second-order valence-corrected chi connectivity index (χ2v) is 9.37. The van der Waals surface area contributed by atoms with Gasteiger partial charge in [0.2, 0.25) is 0 Å². The molecule has 3 aromatic heterocycles. The average molecular weight is 513 g/mol. The van der Waals surface area contributed by atoms with Crippen LogP contribution in [0.3, 0.4) is 0 Å². The van der Waals surface area contributed by atoms with E-state index in [0.717, 1.165) is 33.2 Å². The van der Waals surface area contributed by atoms with E-state index in [0.29, 0.717) is 41.6 Å². The molecule has 0 unspecified atom stereocenters. The molecule has 0 aliphatic carbocycles. The third-order valence-electron chi connectivity index (χ3n) is 7.37. The van der Waals surface area contributed by atoms with Crippen LogP contribution in [0.5, 0.6) is 0 Å². The second-order valence-electron chi connectivity index (χ2n) is 9.37. The molecule has 0 saturated carbocycles. The standard InChI is InChI=1S/C28H28N6O4/c1-6-17-14(4)23-13-16-9-10-20(29-16)19(8-3)21-11-12-22(30-21)27(33(35)36)24-15(5)18(7-2)26(32-24)28(34(37)38)25(17)31-23/h9-13,29,31H,6-8H2,1-5H3. The van der Waals surface area contributed by atoms with Gasteiger partial charge in [-0.1, -0.05) is 20.8 Å². The van der Waals surface area contributed by atoms with Gasteiger partial charge in [0.15, 0.2) is 0 Å². The molecule has 0 radical (unpaired) electrons. The van der Waals surface area contributed by atoms with E-state index < -0.39 is 9.85 Å². The SMILES string of the molecule is CCC1=C(C)c2nc1c([N+](=O)[O-])c1[nH]c(cc3ccc([nH]3)c(CC)c3nc(c2[N+](=O)[O-])C=C3)c(C)c1CC. The van der Waals surface area contributed by atoms with E-state index in [1.54, 1.807) is 19.1 Å². The molecule has 0 aromatic carbocycles. The van der Waals surface area contributed by atoms with Gasteiger partial charge in [0.05, 0.1) is 15.5 Å². The molecule has 38 heavy (non-hydrogen) atoms. The molecular weight excluding hydrogens is 484 g/mol. The van der Waals surface area contributed by atoms with E-state index in [4.69, 9.17) is 0 Å². The molecule has 0 fully saturated rings. The first-order valence-corrected chi connectivity index (χ1v) is 12.7. The van der Waals surface area contributed by atoms with Crippen LogP contribution in [0.2, 0.25) is 0 Å². The van der Waals surface area contributed by atoms with Crippen molar-refractivity contribution >= 4 is 56.7 Å². The number of nitro groups is 2. The Morgan fingerprint density at radius 1 is 0.789 bits per heavy atom. The monoisotopic (exact) mass is 512 g/mol. The van der Waals surface area contributed by atoms with Crippen molar-refractivity contribution in [2.75, 3.05) is 0 Å². The lowest BCUT2D eigenvalue weighted by molar-refractivity contribution is -0.385. The van der Waals surface area contributed by atoms with Gasteiger partial charge in [-0.15, -0.1) is 0 Å².